The van der Waals surface area contributed by atoms with E-state index in [-0.39, 0.29) is 4.90 Å². The molecule has 0 saturated carbocycles. The summed E-state index contributed by atoms with van der Waals surface area (Å²) in [5.74, 6) is -2.59. The highest BCUT2D eigenvalue weighted by Crippen LogP contribution is 2.32. The zero-order valence-corrected chi connectivity index (χ0v) is 7.99. The second kappa shape index (κ2) is 2.81. The highest BCUT2D eigenvalue weighted by molar-refractivity contribution is 7.99. The van der Waals surface area contributed by atoms with Crippen molar-refractivity contribution in [2.24, 2.45) is 0 Å². The van der Waals surface area contributed by atoms with Gasteiger partial charge in [0.15, 0.2) is 11.6 Å². The molecule has 0 amide bonds. The number of hydrogen-bond acceptors (Lipinski definition) is 4. The average Bonchev–Trinajstić information content (AvgIpc) is 2.26. The molecule has 1 aliphatic rings. The SMILES string of the molecule is O=S1OS(=O)(=O)c2cc(F)c(F)cc21. The Kier molecular flexibility index (Phi) is 1.95. The molecule has 2 rings (SSSR count). The van der Waals surface area contributed by atoms with Gasteiger partial charge in [-0.1, -0.05) is 0 Å². The van der Waals surface area contributed by atoms with Crippen LogP contribution in [0.2, 0.25) is 0 Å². The van der Waals surface area contributed by atoms with Crippen molar-refractivity contribution in [3.8, 4) is 0 Å². The first-order valence-corrected chi connectivity index (χ1v) is 5.76. The van der Waals surface area contributed by atoms with Crippen LogP contribution in [0.15, 0.2) is 21.9 Å². The molecule has 0 saturated heterocycles. The lowest BCUT2D eigenvalue weighted by Gasteiger charge is -1.94. The van der Waals surface area contributed by atoms with Crippen molar-refractivity contribution in [2.75, 3.05) is 0 Å². The molecule has 0 aliphatic carbocycles. The van der Waals surface area contributed by atoms with Crippen molar-refractivity contribution in [2.45, 2.75) is 9.79 Å². The van der Waals surface area contributed by atoms with Crippen LogP contribution in [0.4, 0.5) is 8.78 Å². The van der Waals surface area contributed by atoms with Crippen LogP contribution in [0.1, 0.15) is 0 Å². The van der Waals surface area contributed by atoms with E-state index in [2.05, 4.69) is 3.63 Å². The predicted octanol–water partition coefficient (Wildman–Crippen LogP) is 0.706. The Morgan fingerprint density at radius 1 is 1.21 bits per heavy atom. The van der Waals surface area contributed by atoms with Crippen molar-refractivity contribution in [1.29, 1.82) is 0 Å². The summed E-state index contributed by atoms with van der Waals surface area (Å²) in [4.78, 5) is -0.960. The monoisotopic (exact) mass is 240 g/mol. The summed E-state index contributed by atoms with van der Waals surface area (Å²) in [6.45, 7) is 0. The van der Waals surface area contributed by atoms with Crippen LogP contribution in [0, 0.1) is 11.6 Å². The van der Waals surface area contributed by atoms with Gasteiger partial charge in [0.05, 0.1) is 4.90 Å². The Morgan fingerprint density at radius 2 is 1.79 bits per heavy atom. The van der Waals surface area contributed by atoms with Crippen molar-refractivity contribution in [1.82, 2.24) is 0 Å². The molecule has 0 aromatic heterocycles. The van der Waals surface area contributed by atoms with E-state index in [9.17, 15) is 21.4 Å². The molecule has 1 unspecified atom stereocenters. The Morgan fingerprint density at radius 3 is 2.43 bits per heavy atom. The number of fused-ring (bicyclic) bond motifs is 1. The van der Waals surface area contributed by atoms with Crippen LogP contribution in [-0.2, 0) is 24.8 Å². The Hall–Kier alpha value is -0.860. The molecule has 76 valence electrons. The minimum atomic E-state index is -4.20. The summed E-state index contributed by atoms with van der Waals surface area (Å²) in [7, 11) is -4.20. The molecular formula is C6H2F2O4S2. The number of rotatable bonds is 0. The van der Waals surface area contributed by atoms with Crippen LogP contribution in [0.25, 0.3) is 0 Å². The molecule has 8 heteroatoms. The van der Waals surface area contributed by atoms with Crippen molar-refractivity contribution in [3.63, 3.8) is 0 Å². The van der Waals surface area contributed by atoms with Crippen LogP contribution >= 0.6 is 0 Å². The summed E-state index contributed by atoms with van der Waals surface area (Å²) < 4.78 is 62.3. The van der Waals surface area contributed by atoms with Gasteiger partial charge in [-0.25, -0.2) is 13.0 Å². The first kappa shape index (κ1) is 9.69. The van der Waals surface area contributed by atoms with Gasteiger partial charge in [0.25, 0.3) is 0 Å². The lowest BCUT2D eigenvalue weighted by molar-refractivity contribution is 0.497. The van der Waals surface area contributed by atoms with E-state index in [1.54, 1.807) is 0 Å². The zero-order valence-electron chi connectivity index (χ0n) is 6.36. The Labute approximate surface area is 80.3 Å². The first-order valence-electron chi connectivity index (χ1n) is 3.27. The van der Waals surface area contributed by atoms with E-state index in [0.717, 1.165) is 0 Å². The van der Waals surface area contributed by atoms with Crippen LogP contribution in [0.3, 0.4) is 0 Å². The van der Waals surface area contributed by atoms with E-state index < -0.39 is 37.7 Å². The summed E-state index contributed by atoms with van der Waals surface area (Å²) in [6, 6.07) is 0.996. The van der Waals surface area contributed by atoms with Gasteiger partial charge in [-0.15, -0.1) is 0 Å². The predicted molar refractivity (Wildman–Crippen MR) is 41.0 cm³/mol. The quantitative estimate of drug-likeness (QED) is 0.670. The topological polar surface area (TPSA) is 60.4 Å². The van der Waals surface area contributed by atoms with E-state index >= 15 is 0 Å². The smallest absolute Gasteiger partial charge is 0.223 e. The number of halogens is 2. The average molecular weight is 240 g/mol. The normalized spacial score (nSPS) is 23.4. The van der Waals surface area contributed by atoms with E-state index in [4.69, 9.17) is 0 Å². The van der Waals surface area contributed by atoms with Crippen molar-refractivity contribution < 1.29 is 25.0 Å². The van der Waals surface area contributed by atoms with Gasteiger partial charge in [-0.2, -0.15) is 12.0 Å². The van der Waals surface area contributed by atoms with E-state index in [0.29, 0.717) is 12.1 Å². The van der Waals surface area contributed by atoms with Gasteiger partial charge < -0.3 is 0 Å². The molecule has 1 aliphatic heterocycles. The first-order chi connectivity index (χ1) is 6.42. The summed E-state index contributed by atoms with van der Waals surface area (Å²) >= 11 is -2.28. The Bertz CT molecular complexity index is 537. The lowest BCUT2D eigenvalue weighted by Crippen LogP contribution is -1.97. The van der Waals surface area contributed by atoms with Gasteiger partial charge in [0.1, 0.15) is 4.90 Å². The minimum absolute atomic E-state index is 0.371. The fraction of sp³-hybridized carbons (Fsp3) is 0. The lowest BCUT2D eigenvalue weighted by atomic mass is 10.3. The highest BCUT2D eigenvalue weighted by Gasteiger charge is 2.35. The third-order valence-corrected chi connectivity index (χ3v) is 4.50. The molecular weight excluding hydrogens is 238 g/mol. The highest BCUT2D eigenvalue weighted by atomic mass is 32.3. The summed E-state index contributed by atoms with van der Waals surface area (Å²) in [5, 5.41) is 0. The second-order valence-electron chi connectivity index (χ2n) is 2.47. The largest absolute Gasteiger partial charge is 0.311 e. The van der Waals surface area contributed by atoms with Crippen LogP contribution in [0.5, 0.6) is 0 Å². The molecule has 14 heavy (non-hydrogen) atoms. The number of benzene rings is 1. The van der Waals surface area contributed by atoms with Crippen molar-refractivity contribution >= 4 is 21.2 Å². The summed E-state index contributed by atoms with van der Waals surface area (Å²) in [5.41, 5.74) is 0. The summed E-state index contributed by atoms with van der Waals surface area (Å²) in [6.07, 6.45) is 0. The van der Waals surface area contributed by atoms with Crippen molar-refractivity contribution in [3.05, 3.63) is 23.8 Å². The molecule has 0 spiro atoms. The minimum Gasteiger partial charge on any atom is -0.223 e. The second-order valence-corrected chi connectivity index (χ2v) is 5.27. The zero-order chi connectivity index (χ0) is 10.5. The van der Waals surface area contributed by atoms with E-state index in [1.807, 2.05) is 0 Å². The maximum atomic E-state index is 12.7. The molecule has 0 bridgehead atoms. The molecule has 1 aromatic rings. The van der Waals surface area contributed by atoms with Gasteiger partial charge >= 0.3 is 10.1 Å². The fourth-order valence-electron chi connectivity index (χ4n) is 0.991. The van der Waals surface area contributed by atoms with Gasteiger partial charge in [-0.3, -0.25) is 0 Å². The Balaban J connectivity index is 2.83. The number of hydrogen-bond donors (Lipinski definition) is 0. The van der Waals surface area contributed by atoms with Gasteiger partial charge in [0.2, 0.25) is 11.1 Å². The molecule has 0 radical (unpaired) electrons. The molecule has 1 aromatic carbocycles. The van der Waals surface area contributed by atoms with E-state index in [1.165, 1.54) is 0 Å². The molecule has 1 heterocycles. The maximum absolute atomic E-state index is 12.7. The van der Waals surface area contributed by atoms with Gasteiger partial charge in [0, 0.05) is 0 Å². The van der Waals surface area contributed by atoms with Crippen LogP contribution < -0.4 is 0 Å². The van der Waals surface area contributed by atoms with Gasteiger partial charge in [-0.05, 0) is 12.1 Å². The third kappa shape index (κ3) is 1.26. The molecule has 0 fully saturated rings. The fourth-order valence-corrected chi connectivity index (χ4v) is 3.71. The molecule has 1 atom stereocenters. The molecule has 4 nitrogen and oxygen atoms in total. The van der Waals surface area contributed by atoms with Crippen LogP contribution in [-0.4, -0.2) is 12.6 Å². The standard InChI is InChI=1S/C6H2F2O4S2/c7-3-1-5-6(2-4(3)8)14(10,11)12-13(5)9/h1-2H. The third-order valence-electron chi connectivity index (χ3n) is 1.59. The maximum Gasteiger partial charge on any atom is 0.311 e. The molecule has 0 N–H and O–H groups in total.